The van der Waals surface area contributed by atoms with Gasteiger partial charge >= 0.3 is 11.9 Å². The van der Waals surface area contributed by atoms with E-state index in [0.29, 0.717) is 25.2 Å². The molecule has 1 aromatic heterocycles. The third kappa shape index (κ3) is 6.11. The number of carbonyl (C=O) groups is 2. The summed E-state index contributed by atoms with van der Waals surface area (Å²) in [4.78, 5) is 26.7. The second-order valence-corrected chi connectivity index (χ2v) is 7.09. The Bertz CT molecular complexity index is 945. The molecule has 2 aromatic rings. The molecule has 164 valence electrons. The minimum atomic E-state index is -1.15. The molecule has 1 aliphatic heterocycles. The number of aromatic nitrogens is 1. The molecule has 31 heavy (non-hydrogen) atoms. The van der Waals surface area contributed by atoms with Crippen LogP contribution in [-0.4, -0.2) is 47.0 Å². The Kier molecular flexibility index (Phi) is 7.31. The molecule has 1 aromatic carbocycles. The normalized spacial score (nSPS) is 15.9. The summed E-state index contributed by atoms with van der Waals surface area (Å²) in [5, 5.41) is 24.1. The lowest BCUT2D eigenvalue weighted by Crippen LogP contribution is -2.36. The lowest BCUT2D eigenvalue weighted by molar-refractivity contribution is -0.139. The highest BCUT2D eigenvalue weighted by Gasteiger charge is 2.31. The van der Waals surface area contributed by atoms with Gasteiger partial charge in [-0.3, -0.25) is 9.78 Å². The molecule has 4 N–H and O–H groups in total. The highest BCUT2D eigenvalue weighted by molar-refractivity contribution is 5.86. The number of pyridine rings is 1. The fourth-order valence-electron chi connectivity index (χ4n) is 3.37. The summed E-state index contributed by atoms with van der Waals surface area (Å²) in [6, 6.07) is 11.2. The number of benzene rings is 1. The fourth-order valence-corrected chi connectivity index (χ4v) is 3.37. The maximum Gasteiger partial charge on any atom is 0.355 e. The quantitative estimate of drug-likeness (QED) is 0.426. The van der Waals surface area contributed by atoms with Gasteiger partial charge in [-0.25, -0.2) is 4.79 Å². The van der Waals surface area contributed by atoms with Crippen molar-refractivity contribution >= 4 is 17.6 Å². The van der Waals surface area contributed by atoms with Gasteiger partial charge in [0.15, 0.2) is 11.9 Å². The van der Waals surface area contributed by atoms with Gasteiger partial charge in [0.2, 0.25) is 0 Å². The molecule has 9 nitrogen and oxygen atoms in total. The van der Waals surface area contributed by atoms with E-state index in [1.807, 2.05) is 43.4 Å². The summed E-state index contributed by atoms with van der Waals surface area (Å²) < 4.78 is 11.1. The Balaban J connectivity index is 1.55. The zero-order chi connectivity index (χ0) is 22.2. The largest absolute Gasteiger partial charge is 0.493 e. The molecule has 1 aliphatic rings. The predicted molar refractivity (Wildman–Crippen MR) is 113 cm³/mol. The smallest absolute Gasteiger partial charge is 0.355 e. The SMILES string of the molecule is CNc1cccnc1CCOc1ccc(CC(CC(=O)O)C2NC(C(=O)O)=CO2)cc1. The number of anilines is 1. The molecule has 0 saturated carbocycles. The highest BCUT2D eigenvalue weighted by atomic mass is 16.5. The number of carboxylic acids is 2. The van der Waals surface area contributed by atoms with E-state index in [1.54, 1.807) is 6.20 Å². The topological polar surface area (TPSA) is 130 Å². The molecular formula is C22H25N3O6. The number of nitrogens with zero attached hydrogens (tertiary/aromatic N) is 1. The number of hydrogen-bond donors (Lipinski definition) is 4. The number of hydrogen-bond acceptors (Lipinski definition) is 7. The molecular weight excluding hydrogens is 402 g/mol. The van der Waals surface area contributed by atoms with E-state index in [0.717, 1.165) is 23.2 Å². The van der Waals surface area contributed by atoms with Crippen molar-refractivity contribution in [2.75, 3.05) is 19.0 Å². The van der Waals surface area contributed by atoms with Gasteiger partial charge in [0.1, 0.15) is 12.0 Å². The van der Waals surface area contributed by atoms with Crippen molar-refractivity contribution < 1.29 is 29.3 Å². The van der Waals surface area contributed by atoms with E-state index in [1.165, 1.54) is 0 Å². The molecule has 9 heteroatoms. The van der Waals surface area contributed by atoms with E-state index in [4.69, 9.17) is 14.6 Å². The average Bonchev–Trinajstić information content (AvgIpc) is 3.25. The molecule has 2 heterocycles. The van der Waals surface area contributed by atoms with Crippen molar-refractivity contribution in [3.63, 3.8) is 0 Å². The van der Waals surface area contributed by atoms with Gasteiger partial charge in [-0.05, 0) is 36.2 Å². The van der Waals surface area contributed by atoms with Crippen LogP contribution in [0.4, 0.5) is 5.69 Å². The third-order valence-corrected chi connectivity index (χ3v) is 4.91. The number of carboxylic acid groups (broad SMARTS) is 2. The Labute approximate surface area is 179 Å². The molecule has 0 saturated heterocycles. The summed E-state index contributed by atoms with van der Waals surface area (Å²) >= 11 is 0. The van der Waals surface area contributed by atoms with Crippen LogP contribution < -0.4 is 15.4 Å². The maximum absolute atomic E-state index is 11.3. The summed E-state index contributed by atoms with van der Waals surface area (Å²) in [7, 11) is 1.85. The standard InChI is InChI=1S/C22H25N3O6/c1-23-17-3-2-9-24-18(17)8-10-30-16-6-4-14(5-7-16)11-15(12-20(26)27)21-25-19(13-31-21)22(28)29/h2-7,9,13,15,21,23,25H,8,10-12H2,1H3,(H,26,27)(H,28,29). The fraction of sp³-hybridized carbons (Fsp3) is 0.318. The molecule has 2 unspecified atom stereocenters. The van der Waals surface area contributed by atoms with Crippen LogP contribution in [0.1, 0.15) is 17.7 Å². The van der Waals surface area contributed by atoms with Gasteiger partial charge in [-0.2, -0.15) is 0 Å². The van der Waals surface area contributed by atoms with Crippen LogP contribution in [0.15, 0.2) is 54.6 Å². The Morgan fingerprint density at radius 2 is 2.03 bits per heavy atom. The van der Waals surface area contributed by atoms with Crippen LogP contribution in [0.2, 0.25) is 0 Å². The van der Waals surface area contributed by atoms with Crippen molar-refractivity contribution in [1.82, 2.24) is 10.3 Å². The van der Waals surface area contributed by atoms with Gasteiger partial charge < -0.3 is 30.3 Å². The lowest BCUT2D eigenvalue weighted by atomic mass is 9.94. The second-order valence-electron chi connectivity index (χ2n) is 7.09. The summed E-state index contributed by atoms with van der Waals surface area (Å²) in [5.74, 6) is -1.87. The van der Waals surface area contributed by atoms with Crippen LogP contribution in [0, 0.1) is 5.92 Å². The number of nitrogens with one attached hydrogen (secondary N) is 2. The first-order valence-corrected chi connectivity index (χ1v) is 9.87. The maximum atomic E-state index is 11.3. The van der Waals surface area contributed by atoms with Crippen molar-refractivity contribution in [3.05, 3.63) is 65.8 Å². The van der Waals surface area contributed by atoms with E-state index in [2.05, 4.69) is 15.6 Å². The third-order valence-electron chi connectivity index (χ3n) is 4.91. The van der Waals surface area contributed by atoms with Crippen LogP contribution in [0.25, 0.3) is 0 Å². The van der Waals surface area contributed by atoms with Gasteiger partial charge in [-0.15, -0.1) is 0 Å². The molecule has 0 spiro atoms. The number of aliphatic carboxylic acids is 2. The molecule has 2 atom stereocenters. The Morgan fingerprint density at radius 3 is 2.68 bits per heavy atom. The number of ether oxygens (including phenoxy) is 2. The highest BCUT2D eigenvalue weighted by Crippen LogP contribution is 2.23. The zero-order valence-electron chi connectivity index (χ0n) is 17.1. The summed E-state index contributed by atoms with van der Waals surface area (Å²) in [5.41, 5.74) is 2.71. The molecule has 0 fully saturated rings. The van der Waals surface area contributed by atoms with Crippen molar-refractivity contribution in [2.24, 2.45) is 5.92 Å². The van der Waals surface area contributed by atoms with Crippen LogP contribution in [0.5, 0.6) is 5.75 Å². The average molecular weight is 427 g/mol. The van der Waals surface area contributed by atoms with E-state index in [-0.39, 0.29) is 12.1 Å². The van der Waals surface area contributed by atoms with Gasteiger partial charge in [0.25, 0.3) is 0 Å². The molecule has 0 aliphatic carbocycles. The summed E-state index contributed by atoms with van der Waals surface area (Å²) in [6.07, 6.45) is 3.05. The van der Waals surface area contributed by atoms with Crippen LogP contribution >= 0.6 is 0 Å². The Morgan fingerprint density at radius 1 is 1.26 bits per heavy atom. The number of rotatable bonds is 11. The van der Waals surface area contributed by atoms with E-state index >= 15 is 0 Å². The molecule has 0 bridgehead atoms. The monoisotopic (exact) mass is 427 g/mol. The molecule has 3 rings (SSSR count). The van der Waals surface area contributed by atoms with Crippen molar-refractivity contribution in [2.45, 2.75) is 25.5 Å². The minimum Gasteiger partial charge on any atom is -0.493 e. The van der Waals surface area contributed by atoms with Crippen molar-refractivity contribution in [3.8, 4) is 5.75 Å². The van der Waals surface area contributed by atoms with Gasteiger partial charge in [0.05, 0.1) is 24.4 Å². The van der Waals surface area contributed by atoms with E-state index in [9.17, 15) is 14.7 Å². The van der Waals surface area contributed by atoms with Gasteiger partial charge in [-0.1, -0.05) is 12.1 Å². The predicted octanol–water partition coefficient (Wildman–Crippen LogP) is 2.25. The first kappa shape index (κ1) is 21.9. The lowest BCUT2D eigenvalue weighted by Gasteiger charge is -2.22. The first-order chi connectivity index (χ1) is 15.0. The Hall–Kier alpha value is -3.75. The minimum absolute atomic E-state index is 0.0847. The van der Waals surface area contributed by atoms with E-state index < -0.39 is 24.1 Å². The van der Waals surface area contributed by atoms with Gasteiger partial charge in [0, 0.05) is 25.6 Å². The van der Waals surface area contributed by atoms with Crippen molar-refractivity contribution in [1.29, 1.82) is 0 Å². The molecule has 0 radical (unpaired) electrons. The second kappa shape index (κ2) is 10.3. The van der Waals surface area contributed by atoms with Crippen LogP contribution in [-0.2, 0) is 27.2 Å². The van der Waals surface area contributed by atoms with Crippen LogP contribution in [0.3, 0.4) is 0 Å². The zero-order valence-corrected chi connectivity index (χ0v) is 17.1. The molecule has 0 amide bonds. The first-order valence-electron chi connectivity index (χ1n) is 9.87. The summed E-state index contributed by atoms with van der Waals surface area (Å²) in [6.45, 7) is 0.468.